The SMILES string of the molecule is COCC[N]([AlH2])CCCN(C)C. The van der Waals surface area contributed by atoms with Gasteiger partial charge in [0.25, 0.3) is 0 Å². The summed E-state index contributed by atoms with van der Waals surface area (Å²) in [6.45, 7) is 4.36. The van der Waals surface area contributed by atoms with Gasteiger partial charge in [0, 0.05) is 13.7 Å². The number of nitrogens with zero attached hydrogens (tertiary/aromatic N) is 2. The smallest absolute Gasteiger partial charge is 0.321 e. The van der Waals surface area contributed by atoms with E-state index in [2.05, 4.69) is 22.9 Å². The molecule has 0 radical (unpaired) electrons. The van der Waals surface area contributed by atoms with Gasteiger partial charge in [-0.3, -0.25) is 0 Å². The van der Waals surface area contributed by atoms with Crippen molar-refractivity contribution in [2.75, 3.05) is 47.4 Å². The third-order valence-corrected chi connectivity index (χ3v) is 2.72. The van der Waals surface area contributed by atoms with Crippen molar-refractivity contribution in [3.8, 4) is 0 Å². The van der Waals surface area contributed by atoms with Crippen LogP contribution in [0.15, 0.2) is 0 Å². The molecule has 0 N–H and O–H groups in total. The number of hydrogen-bond acceptors (Lipinski definition) is 3. The molecule has 0 saturated heterocycles. The Morgan fingerprint density at radius 1 is 1.17 bits per heavy atom. The van der Waals surface area contributed by atoms with Crippen molar-refractivity contribution in [3.05, 3.63) is 0 Å². The summed E-state index contributed by atoms with van der Waals surface area (Å²) in [6, 6.07) is 0. The Balaban J connectivity index is 3.13. The monoisotopic (exact) mass is 188 g/mol. The summed E-state index contributed by atoms with van der Waals surface area (Å²) >= 11 is 1.15. The van der Waals surface area contributed by atoms with E-state index in [9.17, 15) is 0 Å². The van der Waals surface area contributed by atoms with Gasteiger partial charge in [0.15, 0.2) is 0 Å². The Morgan fingerprint density at radius 3 is 2.33 bits per heavy atom. The molecule has 12 heavy (non-hydrogen) atoms. The van der Waals surface area contributed by atoms with E-state index in [1.807, 2.05) is 0 Å². The largest absolute Gasteiger partial charge is 0.389 e. The fraction of sp³-hybridized carbons (Fsp3) is 1.00. The maximum atomic E-state index is 5.01. The molecule has 0 aromatic rings. The zero-order valence-electron chi connectivity index (χ0n) is 8.84. The van der Waals surface area contributed by atoms with Crippen LogP contribution in [0.25, 0.3) is 0 Å². The fourth-order valence-corrected chi connectivity index (χ4v) is 1.51. The van der Waals surface area contributed by atoms with Gasteiger partial charge in [-0.05, 0) is 33.6 Å². The van der Waals surface area contributed by atoms with Crippen molar-refractivity contribution in [2.45, 2.75) is 6.42 Å². The fourth-order valence-electron chi connectivity index (χ4n) is 1.02. The molecule has 0 spiro atoms. The standard InChI is InChI=1S/C8H19N2O.Al.2H/c1-10(2)7-4-5-9-6-8-11-3;;;/h4-8H2,1-3H3;;;/q-1;+1;;. The van der Waals surface area contributed by atoms with Crippen LogP contribution in [-0.4, -0.2) is 72.7 Å². The van der Waals surface area contributed by atoms with Gasteiger partial charge in [0.2, 0.25) is 0 Å². The van der Waals surface area contributed by atoms with Crippen LogP contribution in [0.3, 0.4) is 0 Å². The molecule has 0 aliphatic heterocycles. The zero-order chi connectivity index (χ0) is 9.40. The first-order valence-electron chi connectivity index (χ1n) is 4.49. The van der Waals surface area contributed by atoms with Gasteiger partial charge in [-0.1, -0.05) is 0 Å². The normalized spacial score (nSPS) is 11.4. The molecule has 72 valence electrons. The predicted octanol–water partition coefficient (Wildman–Crippen LogP) is -0.565. The van der Waals surface area contributed by atoms with Crippen molar-refractivity contribution in [1.82, 2.24) is 8.78 Å². The second-order valence-corrected chi connectivity index (χ2v) is 4.72. The number of rotatable bonds is 7. The Morgan fingerprint density at radius 2 is 1.83 bits per heavy atom. The van der Waals surface area contributed by atoms with E-state index in [1.165, 1.54) is 19.5 Å². The third kappa shape index (κ3) is 8.51. The van der Waals surface area contributed by atoms with Crippen molar-refractivity contribution < 1.29 is 4.74 Å². The number of methoxy groups -OCH3 is 1. The maximum absolute atomic E-state index is 5.01. The van der Waals surface area contributed by atoms with E-state index >= 15 is 0 Å². The van der Waals surface area contributed by atoms with Crippen molar-refractivity contribution in [2.24, 2.45) is 0 Å². The minimum atomic E-state index is 0.867. The first kappa shape index (κ1) is 12.4. The van der Waals surface area contributed by atoms with E-state index in [1.54, 1.807) is 7.11 Å². The molecule has 0 unspecified atom stereocenters. The Kier molecular flexibility index (Phi) is 8.31. The second kappa shape index (κ2) is 8.03. The lowest BCUT2D eigenvalue weighted by Crippen LogP contribution is -2.27. The van der Waals surface area contributed by atoms with E-state index < -0.39 is 0 Å². The molecule has 3 nitrogen and oxygen atoms in total. The molecule has 0 aromatic carbocycles. The molecule has 0 atom stereocenters. The summed E-state index contributed by atoms with van der Waals surface area (Å²) in [4.78, 5) is 2.23. The minimum Gasteiger partial charge on any atom is -0.389 e. The number of hydrogen-bond donors (Lipinski definition) is 0. The minimum absolute atomic E-state index is 0.867. The van der Waals surface area contributed by atoms with Crippen LogP contribution in [0.2, 0.25) is 0 Å². The molecule has 0 rings (SSSR count). The molecule has 0 aliphatic rings. The van der Waals surface area contributed by atoms with Crippen molar-refractivity contribution in [3.63, 3.8) is 0 Å². The highest BCUT2D eigenvalue weighted by Crippen LogP contribution is 1.88. The van der Waals surface area contributed by atoms with Crippen LogP contribution in [0.5, 0.6) is 0 Å². The molecule has 0 amide bonds. The molecular formula is C8H21AlN2O. The summed E-state index contributed by atoms with van der Waals surface area (Å²) in [7, 11) is 5.99. The topological polar surface area (TPSA) is 15.7 Å². The average Bonchev–Trinajstić information content (AvgIpc) is 2.00. The predicted molar refractivity (Wildman–Crippen MR) is 55.2 cm³/mol. The molecule has 0 aliphatic carbocycles. The lowest BCUT2D eigenvalue weighted by Gasteiger charge is -2.18. The van der Waals surface area contributed by atoms with E-state index in [0.29, 0.717) is 0 Å². The van der Waals surface area contributed by atoms with Crippen LogP contribution in [0.1, 0.15) is 6.42 Å². The van der Waals surface area contributed by atoms with Crippen molar-refractivity contribution >= 4 is 16.5 Å². The lowest BCUT2D eigenvalue weighted by atomic mass is 10.4. The van der Waals surface area contributed by atoms with E-state index in [0.717, 1.165) is 29.7 Å². The van der Waals surface area contributed by atoms with Gasteiger partial charge < -0.3 is 13.5 Å². The van der Waals surface area contributed by atoms with Crippen LogP contribution in [-0.2, 0) is 4.74 Å². The van der Waals surface area contributed by atoms with Gasteiger partial charge in [0.05, 0.1) is 6.61 Å². The van der Waals surface area contributed by atoms with Crippen LogP contribution >= 0.6 is 0 Å². The van der Waals surface area contributed by atoms with Gasteiger partial charge in [-0.15, -0.1) is 0 Å². The van der Waals surface area contributed by atoms with Crippen molar-refractivity contribution in [1.29, 1.82) is 0 Å². The lowest BCUT2D eigenvalue weighted by molar-refractivity contribution is 0.179. The average molecular weight is 188 g/mol. The highest BCUT2D eigenvalue weighted by atomic mass is 27.1. The quantitative estimate of drug-likeness (QED) is 0.498. The molecule has 0 saturated carbocycles. The number of ether oxygens (including phenoxy) is 1. The third-order valence-electron chi connectivity index (χ3n) is 1.82. The van der Waals surface area contributed by atoms with Gasteiger partial charge in [-0.25, -0.2) is 0 Å². The highest BCUT2D eigenvalue weighted by molar-refractivity contribution is 6.04. The van der Waals surface area contributed by atoms with E-state index in [4.69, 9.17) is 4.74 Å². The van der Waals surface area contributed by atoms with Gasteiger partial charge in [0.1, 0.15) is 0 Å². The summed E-state index contributed by atoms with van der Waals surface area (Å²) in [6.07, 6.45) is 1.26. The zero-order valence-corrected chi connectivity index (χ0v) is 10.8. The summed E-state index contributed by atoms with van der Waals surface area (Å²) in [5, 5.41) is 0. The molecule has 0 bridgehead atoms. The molecule has 0 fully saturated rings. The molecule has 4 heteroatoms. The van der Waals surface area contributed by atoms with Crippen LogP contribution in [0, 0.1) is 0 Å². The molecular weight excluding hydrogens is 167 g/mol. The van der Waals surface area contributed by atoms with Gasteiger partial charge in [-0.2, -0.15) is 0 Å². The van der Waals surface area contributed by atoms with Crippen LogP contribution < -0.4 is 0 Å². The van der Waals surface area contributed by atoms with Crippen LogP contribution in [0.4, 0.5) is 0 Å². The first-order valence-corrected chi connectivity index (χ1v) is 5.38. The second-order valence-electron chi connectivity index (χ2n) is 3.45. The molecule has 0 heterocycles. The summed E-state index contributed by atoms with van der Waals surface area (Å²) in [5.74, 6) is 0. The Labute approximate surface area is 84.3 Å². The summed E-state index contributed by atoms with van der Waals surface area (Å²) in [5.41, 5.74) is 0. The maximum Gasteiger partial charge on any atom is 0.321 e. The Bertz CT molecular complexity index is 101. The van der Waals surface area contributed by atoms with Gasteiger partial charge >= 0.3 is 16.5 Å². The first-order chi connectivity index (χ1) is 5.66. The van der Waals surface area contributed by atoms with E-state index in [-0.39, 0.29) is 0 Å². The molecule has 0 aromatic heterocycles. The Hall–Kier alpha value is 0.412. The highest BCUT2D eigenvalue weighted by Gasteiger charge is 1.97. The summed E-state index contributed by atoms with van der Waals surface area (Å²) < 4.78 is 7.45.